The summed E-state index contributed by atoms with van der Waals surface area (Å²) in [6.07, 6.45) is 0. The van der Waals surface area contributed by atoms with E-state index in [4.69, 9.17) is 47.4 Å². The smallest absolute Gasteiger partial charge is 0.338 e. The zero-order chi connectivity index (χ0) is 71.7. The number of H-pyrrole nitrogens is 1. The predicted octanol–water partition coefficient (Wildman–Crippen LogP) is 9.22. The van der Waals surface area contributed by atoms with Gasteiger partial charge in [0.25, 0.3) is 34.6 Å². The summed E-state index contributed by atoms with van der Waals surface area (Å²) >= 11 is 13.7. The summed E-state index contributed by atoms with van der Waals surface area (Å²) in [5.41, 5.74) is 6.26. The maximum Gasteiger partial charge on any atom is 0.338 e. The first-order chi connectivity index (χ1) is 46.1. The number of piperazine rings is 3. The van der Waals surface area contributed by atoms with Crippen LogP contribution in [0.3, 0.4) is 0 Å². The molecule has 0 aliphatic carbocycles. The number of carboxylic acid groups (broad SMARTS) is 1. The molecular formula is C69H88Br4N8O17. The molecule has 7 aliphatic heterocycles. The molecule has 7 aliphatic rings. The number of amides is 1. The van der Waals surface area contributed by atoms with Gasteiger partial charge in [-0.3, -0.25) is 24.3 Å². The molecule has 0 spiro atoms. The molecule has 8 heterocycles. The summed E-state index contributed by atoms with van der Waals surface area (Å²) in [6.45, 7) is 32.1. The molecule has 4 aromatic carbocycles. The van der Waals surface area contributed by atoms with Crippen LogP contribution in [0.25, 0.3) is 0 Å². The lowest BCUT2D eigenvalue weighted by atomic mass is 10.1. The number of hydrogen-bond donors (Lipinski definition) is 4. The molecule has 1 aromatic heterocycles. The van der Waals surface area contributed by atoms with Gasteiger partial charge in [-0.2, -0.15) is 0 Å². The van der Waals surface area contributed by atoms with Crippen molar-refractivity contribution in [2.45, 2.75) is 98.9 Å². The van der Waals surface area contributed by atoms with Crippen molar-refractivity contribution in [1.29, 1.82) is 0 Å². The lowest BCUT2D eigenvalue weighted by molar-refractivity contribution is -0.0991. The van der Waals surface area contributed by atoms with E-state index in [1.165, 1.54) is 14.2 Å². The molecule has 0 saturated carbocycles. The van der Waals surface area contributed by atoms with E-state index in [1.54, 1.807) is 45.0 Å². The maximum absolute atomic E-state index is 13.0. The van der Waals surface area contributed by atoms with Crippen LogP contribution < -0.4 is 48.8 Å². The SMILES string of the molecule is COC(=O)c1cc(Br)c2c(c1C)OC(C)(CN1CCN(C)CC1)O2.COC(=O)c1cc(Br)c2c(c1C)OC(C)(CO)O2.Cc1c(C(=O)O)cc(Br)c2c1OC(C)(CN1CCN(C)CC1)O2.Cc1cc(C)c(CNC(=O)c2cc(Br)c3c(c2C)OC(C)(CN2CCN(C)CC2)O3)c(=O)[nH]1. The van der Waals surface area contributed by atoms with Gasteiger partial charge in [-0.05, 0) is 162 Å². The van der Waals surface area contributed by atoms with E-state index in [2.05, 4.69) is 125 Å². The highest BCUT2D eigenvalue weighted by Crippen LogP contribution is 2.52. The minimum Gasteiger partial charge on any atom is -0.478 e. The third-order valence-electron chi connectivity index (χ3n) is 18.1. The molecule has 0 bridgehead atoms. The number of halogens is 4. The first kappa shape index (κ1) is 75.9. The number of aliphatic hydroxyl groups is 1. The Labute approximate surface area is 605 Å². The van der Waals surface area contributed by atoms with Crippen molar-refractivity contribution in [3.05, 3.63) is 120 Å². The lowest BCUT2D eigenvalue weighted by Gasteiger charge is -2.36. The number of aromatic carboxylic acids is 1. The Kier molecular flexibility index (Phi) is 24.0. The van der Waals surface area contributed by atoms with Crippen LogP contribution >= 0.6 is 63.7 Å². The zero-order valence-electron chi connectivity index (χ0n) is 58.1. The largest absolute Gasteiger partial charge is 0.478 e. The van der Waals surface area contributed by atoms with Crippen molar-refractivity contribution in [2.75, 3.05) is 140 Å². The van der Waals surface area contributed by atoms with E-state index >= 15 is 0 Å². The number of aromatic amines is 1. The molecule has 1 amide bonds. The molecule has 5 aromatic rings. The number of hydrogen-bond acceptors (Lipinski definition) is 22. The number of carboxylic acids is 1. The number of nitrogens with zero attached hydrogens (tertiary/aromatic N) is 6. The van der Waals surface area contributed by atoms with Crippen LogP contribution in [0.4, 0.5) is 0 Å². The van der Waals surface area contributed by atoms with Gasteiger partial charge in [0.05, 0.1) is 68.4 Å². The zero-order valence-corrected chi connectivity index (χ0v) is 64.5. The molecule has 3 saturated heterocycles. The molecule has 0 radical (unpaired) electrons. The third-order valence-corrected chi connectivity index (χ3v) is 20.5. The number of pyridine rings is 1. The highest BCUT2D eigenvalue weighted by Gasteiger charge is 2.46. The highest BCUT2D eigenvalue weighted by molar-refractivity contribution is 9.11. The van der Waals surface area contributed by atoms with Crippen molar-refractivity contribution in [1.82, 2.24) is 39.7 Å². The predicted molar refractivity (Wildman–Crippen MR) is 380 cm³/mol. The number of rotatable bonds is 13. The second-order valence-electron chi connectivity index (χ2n) is 26.4. The number of nitrogens with one attached hydrogen (secondary N) is 2. The summed E-state index contributed by atoms with van der Waals surface area (Å²) in [7, 11) is 9.06. The first-order valence-corrected chi connectivity index (χ1v) is 35.3. The summed E-state index contributed by atoms with van der Waals surface area (Å²) in [4.78, 5) is 76.9. The Morgan fingerprint density at radius 1 is 0.480 bits per heavy atom. The molecule has 25 nitrogen and oxygen atoms in total. The molecule has 29 heteroatoms. The van der Waals surface area contributed by atoms with Crippen molar-refractivity contribution < 1.29 is 76.8 Å². The van der Waals surface area contributed by atoms with Gasteiger partial charge in [0.15, 0.2) is 46.0 Å². The minimum absolute atomic E-state index is 0.146. The summed E-state index contributed by atoms with van der Waals surface area (Å²) in [5, 5.41) is 21.4. The van der Waals surface area contributed by atoms with Gasteiger partial charge in [-0.15, -0.1) is 0 Å². The van der Waals surface area contributed by atoms with E-state index < -0.39 is 35.1 Å². The fourth-order valence-electron chi connectivity index (χ4n) is 12.5. The van der Waals surface area contributed by atoms with Gasteiger partial charge in [-0.25, -0.2) is 14.4 Å². The molecule has 4 N–H and O–H groups in total. The second-order valence-corrected chi connectivity index (χ2v) is 29.8. The minimum atomic E-state index is -1.12. The number of aliphatic hydroxyl groups excluding tert-OH is 1. The van der Waals surface area contributed by atoms with E-state index in [0.29, 0.717) is 122 Å². The molecule has 534 valence electrons. The van der Waals surface area contributed by atoms with Crippen LogP contribution in [0.1, 0.15) is 108 Å². The molecule has 12 rings (SSSR count). The van der Waals surface area contributed by atoms with Crippen LogP contribution in [0.15, 0.2) is 53.0 Å². The second kappa shape index (κ2) is 30.9. The average Bonchev–Trinajstić information content (AvgIpc) is 1.63. The van der Waals surface area contributed by atoms with Gasteiger partial charge in [0, 0.05) is 152 Å². The molecule has 4 atom stereocenters. The van der Waals surface area contributed by atoms with E-state index in [-0.39, 0.29) is 36.2 Å². The molecule has 98 heavy (non-hydrogen) atoms. The highest BCUT2D eigenvalue weighted by atomic mass is 79.9. The standard InChI is InChI=1S/C24H31BrN4O4.C17H23BrN2O4.C16H21BrN2O4.C12H13BrO5/c1-14-10-15(2)27-23(31)18(14)12-26-22(30)17-11-19(25)21-20(16(17)3)32-24(4,33-21)13-29-8-6-28(5)7-9-29;1-11-12(16(21)22-4)9-13(18)15-14(11)23-17(2,24-15)10-20-7-5-19(3)6-8-20;1-10-11(15(20)21)8-12(17)14-13(10)22-16(2,23-14)9-19-6-4-18(3)5-7-19;1-6-7(11(15)16-3)4-8(13)10-9(6)17-12(2,5-14)18-10/h10-11H,6-9,12-13H2,1-5H3,(H,26,30)(H,27,31);9H,5-8,10H2,1-4H3;8H,4-7,9H2,1-3H3,(H,20,21);4,14H,5H2,1-3H3. The van der Waals surface area contributed by atoms with Gasteiger partial charge in [0.2, 0.25) is 0 Å². The van der Waals surface area contributed by atoms with Crippen molar-refractivity contribution in [3.8, 4) is 46.0 Å². The van der Waals surface area contributed by atoms with Gasteiger partial charge < -0.3 is 82.6 Å². The number of likely N-dealkylation sites (N-methyl/N-ethyl adjacent to an activating group) is 3. The summed E-state index contributed by atoms with van der Waals surface area (Å²) < 4.78 is 60.2. The van der Waals surface area contributed by atoms with Crippen molar-refractivity contribution in [2.24, 2.45) is 0 Å². The Balaban J connectivity index is 0.000000156. The van der Waals surface area contributed by atoms with E-state index in [1.807, 2.05) is 54.5 Å². The topological polar surface area (TPSA) is 265 Å². The Morgan fingerprint density at radius 3 is 1.10 bits per heavy atom. The Morgan fingerprint density at radius 2 is 0.776 bits per heavy atom. The van der Waals surface area contributed by atoms with Gasteiger partial charge >= 0.3 is 17.9 Å². The van der Waals surface area contributed by atoms with E-state index in [0.717, 1.165) is 95.4 Å². The molecule has 3 fully saturated rings. The number of fused-ring (bicyclic) bond motifs is 4. The van der Waals surface area contributed by atoms with Crippen LogP contribution in [0, 0.1) is 41.5 Å². The maximum atomic E-state index is 13.0. The summed E-state index contributed by atoms with van der Waals surface area (Å²) in [5.74, 6) is -1.09. The number of esters is 2. The van der Waals surface area contributed by atoms with Crippen LogP contribution in [0.5, 0.6) is 46.0 Å². The fraction of sp³-hybridized carbons (Fsp3) is 0.522. The normalized spacial score (nSPS) is 22.6. The van der Waals surface area contributed by atoms with E-state index in [9.17, 15) is 34.2 Å². The number of aromatic nitrogens is 1. The number of benzene rings is 4. The average molecular weight is 1620 g/mol. The van der Waals surface area contributed by atoms with Crippen LogP contribution in [-0.2, 0) is 16.0 Å². The number of carbonyl (C=O) groups excluding carboxylic acids is 3. The summed E-state index contributed by atoms with van der Waals surface area (Å²) in [6, 6.07) is 8.56. The first-order valence-electron chi connectivity index (χ1n) is 32.2. The molecular weight excluding hydrogens is 1530 g/mol. The monoisotopic (exact) mass is 1620 g/mol. The number of aryl methyl sites for hydroxylation is 2. The quantitative estimate of drug-likeness (QED) is 0.0800. The Bertz CT molecular complexity index is 3930. The van der Waals surface area contributed by atoms with Gasteiger partial charge in [-0.1, -0.05) is 0 Å². The van der Waals surface area contributed by atoms with Gasteiger partial charge in [0.1, 0.15) is 6.61 Å². The lowest BCUT2D eigenvalue weighted by Crippen LogP contribution is -2.53. The number of ether oxygens (including phenoxy) is 10. The van der Waals surface area contributed by atoms with Crippen LogP contribution in [-0.4, -0.2) is 232 Å². The third kappa shape index (κ3) is 17.2. The number of carbonyl (C=O) groups is 4. The Hall–Kier alpha value is -6.25. The van der Waals surface area contributed by atoms with Crippen LogP contribution in [0.2, 0.25) is 0 Å². The van der Waals surface area contributed by atoms with Crippen molar-refractivity contribution in [3.63, 3.8) is 0 Å². The number of methoxy groups -OCH3 is 2. The fourth-order valence-corrected chi connectivity index (χ4v) is 14.4. The molecule has 4 unspecified atom stereocenters. The van der Waals surface area contributed by atoms with Crippen molar-refractivity contribution >= 4 is 87.5 Å².